The second-order valence-electron chi connectivity index (χ2n) is 3.60. The van der Waals surface area contributed by atoms with Gasteiger partial charge in [-0.25, -0.2) is 4.39 Å². The quantitative estimate of drug-likeness (QED) is 0.770. The van der Waals surface area contributed by atoms with E-state index in [1.165, 1.54) is 14.2 Å². The summed E-state index contributed by atoms with van der Waals surface area (Å²) >= 11 is 0. The molecule has 0 unspecified atom stereocenters. The molecule has 1 aromatic rings. The normalized spacial score (nSPS) is 10.8. The number of aromatic nitrogens is 1. The minimum absolute atomic E-state index is 0.156. The van der Waals surface area contributed by atoms with E-state index in [9.17, 15) is 4.39 Å². The molecule has 0 aliphatic carbocycles. The molecule has 0 saturated heterocycles. The van der Waals surface area contributed by atoms with E-state index >= 15 is 0 Å². The largest absolute Gasteiger partial charge is 0.494 e. The van der Waals surface area contributed by atoms with Crippen LogP contribution in [0.5, 0.6) is 5.75 Å². The van der Waals surface area contributed by atoms with E-state index in [0.717, 1.165) is 5.69 Å². The minimum Gasteiger partial charge on any atom is -0.494 e. The van der Waals surface area contributed by atoms with Crippen LogP contribution in [0.3, 0.4) is 0 Å². The standard InChI is InChI=1S/C11H16FNO2/c1-7(2)8-5-10(15-4)11(12)9(13-8)6-14-3/h5,7H,6H2,1-4H3. The molecule has 0 atom stereocenters. The van der Waals surface area contributed by atoms with Crippen molar-refractivity contribution in [2.24, 2.45) is 0 Å². The van der Waals surface area contributed by atoms with Gasteiger partial charge in [0.15, 0.2) is 11.6 Å². The molecule has 0 radical (unpaired) electrons. The molecular weight excluding hydrogens is 197 g/mol. The molecule has 0 bridgehead atoms. The Bertz CT molecular complexity index is 340. The molecule has 0 fully saturated rings. The van der Waals surface area contributed by atoms with Gasteiger partial charge in [-0.3, -0.25) is 4.98 Å². The van der Waals surface area contributed by atoms with Gasteiger partial charge >= 0.3 is 0 Å². The molecule has 3 nitrogen and oxygen atoms in total. The fourth-order valence-electron chi connectivity index (χ4n) is 1.25. The Morgan fingerprint density at radius 2 is 2.07 bits per heavy atom. The highest BCUT2D eigenvalue weighted by Gasteiger charge is 2.14. The Morgan fingerprint density at radius 3 is 2.53 bits per heavy atom. The molecule has 0 amide bonds. The zero-order valence-corrected chi connectivity index (χ0v) is 9.50. The fraction of sp³-hybridized carbons (Fsp3) is 0.545. The Hall–Kier alpha value is -1.16. The van der Waals surface area contributed by atoms with E-state index in [1.807, 2.05) is 13.8 Å². The van der Waals surface area contributed by atoms with Gasteiger partial charge in [0.05, 0.1) is 13.7 Å². The molecule has 1 heterocycles. The number of hydrogen-bond donors (Lipinski definition) is 0. The van der Waals surface area contributed by atoms with Crippen molar-refractivity contribution < 1.29 is 13.9 Å². The number of halogens is 1. The van der Waals surface area contributed by atoms with Gasteiger partial charge in [0, 0.05) is 18.9 Å². The average Bonchev–Trinajstić information content (AvgIpc) is 2.21. The van der Waals surface area contributed by atoms with Crippen LogP contribution in [0.2, 0.25) is 0 Å². The van der Waals surface area contributed by atoms with Crippen LogP contribution in [-0.4, -0.2) is 19.2 Å². The number of hydrogen-bond acceptors (Lipinski definition) is 3. The Kier molecular flexibility index (Phi) is 4.03. The lowest BCUT2D eigenvalue weighted by atomic mass is 10.1. The third-order valence-electron chi connectivity index (χ3n) is 2.11. The Morgan fingerprint density at radius 1 is 1.40 bits per heavy atom. The number of rotatable bonds is 4. The summed E-state index contributed by atoms with van der Waals surface area (Å²) in [5.74, 6) is 0.0135. The van der Waals surface area contributed by atoms with Gasteiger partial charge < -0.3 is 9.47 Å². The van der Waals surface area contributed by atoms with Gasteiger partial charge in [0.2, 0.25) is 0 Å². The van der Waals surface area contributed by atoms with Crippen molar-refractivity contribution in [1.82, 2.24) is 4.98 Å². The SMILES string of the molecule is COCc1nc(C(C)C)cc(OC)c1F. The third kappa shape index (κ3) is 2.65. The van der Waals surface area contributed by atoms with Crippen molar-refractivity contribution in [3.8, 4) is 5.75 Å². The minimum atomic E-state index is -0.441. The van der Waals surface area contributed by atoms with Crippen LogP contribution >= 0.6 is 0 Å². The zero-order valence-electron chi connectivity index (χ0n) is 9.50. The molecule has 0 aromatic carbocycles. The Labute approximate surface area is 89.2 Å². The fourth-order valence-corrected chi connectivity index (χ4v) is 1.25. The summed E-state index contributed by atoms with van der Waals surface area (Å²) in [4.78, 5) is 4.19. The molecule has 1 rings (SSSR count). The molecule has 0 spiro atoms. The van der Waals surface area contributed by atoms with Crippen LogP contribution in [0.15, 0.2) is 6.07 Å². The van der Waals surface area contributed by atoms with E-state index in [0.29, 0.717) is 5.69 Å². The summed E-state index contributed by atoms with van der Waals surface area (Å²) in [6.07, 6.45) is 0. The Balaban J connectivity index is 3.19. The first-order chi connectivity index (χ1) is 7.10. The van der Waals surface area contributed by atoms with Crippen molar-refractivity contribution in [3.63, 3.8) is 0 Å². The van der Waals surface area contributed by atoms with E-state index < -0.39 is 5.82 Å². The van der Waals surface area contributed by atoms with Crippen molar-refractivity contribution in [2.45, 2.75) is 26.4 Å². The summed E-state index contributed by atoms with van der Waals surface area (Å²) in [6, 6.07) is 1.62. The maximum atomic E-state index is 13.6. The molecule has 1 aromatic heterocycles. The molecule has 0 saturated carbocycles. The smallest absolute Gasteiger partial charge is 0.188 e. The summed E-state index contributed by atoms with van der Waals surface area (Å²) in [6.45, 7) is 4.15. The van der Waals surface area contributed by atoms with Crippen LogP contribution in [0.4, 0.5) is 4.39 Å². The van der Waals surface area contributed by atoms with Crippen LogP contribution in [0.25, 0.3) is 0 Å². The van der Waals surface area contributed by atoms with E-state index in [4.69, 9.17) is 9.47 Å². The van der Waals surface area contributed by atoms with Crippen LogP contribution in [-0.2, 0) is 11.3 Å². The lowest BCUT2D eigenvalue weighted by molar-refractivity contribution is 0.176. The van der Waals surface area contributed by atoms with Crippen LogP contribution in [0.1, 0.15) is 31.2 Å². The maximum absolute atomic E-state index is 13.6. The highest BCUT2D eigenvalue weighted by atomic mass is 19.1. The monoisotopic (exact) mass is 213 g/mol. The van der Waals surface area contributed by atoms with Crippen LogP contribution < -0.4 is 4.74 Å². The van der Waals surface area contributed by atoms with Gasteiger partial charge in [-0.05, 0) is 5.92 Å². The van der Waals surface area contributed by atoms with Crippen LogP contribution in [0, 0.1) is 5.82 Å². The molecule has 4 heteroatoms. The predicted molar refractivity (Wildman–Crippen MR) is 55.5 cm³/mol. The lowest BCUT2D eigenvalue weighted by Crippen LogP contribution is -2.04. The maximum Gasteiger partial charge on any atom is 0.188 e. The topological polar surface area (TPSA) is 31.4 Å². The van der Waals surface area contributed by atoms with Crippen molar-refractivity contribution in [1.29, 1.82) is 0 Å². The van der Waals surface area contributed by atoms with Gasteiger partial charge in [0.25, 0.3) is 0 Å². The summed E-state index contributed by atoms with van der Waals surface area (Å²) in [5.41, 5.74) is 1.10. The number of ether oxygens (including phenoxy) is 2. The average molecular weight is 213 g/mol. The lowest BCUT2D eigenvalue weighted by Gasteiger charge is -2.11. The predicted octanol–water partition coefficient (Wildman–Crippen LogP) is 2.50. The number of pyridine rings is 1. The second kappa shape index (κ2) is 5.07. The van der Waals surface area contributed by atoms with Gasteiger partial charge in [-0.1, -0.05) is 13.8 Å². The van der Waals surface area contributed by atoms with Gasteiger partial charge in [-0.2, -0.15) is 0 Å². The summed E-state index contributed by atoms with van der Waals surface area (Å²) in [7, 11) is 2.95. The van der Waals surface area contributed by atoms with E-state index in [-0.39, 0.29) is 18.3 Å². The summed E-state index contributed by atoms with van der Waals surface area (Å²) < 4.78 is 23.5. The molecule has 0 aliphatic rings. The van der Waals surface area contributed by atoms with E-state index in [2.05, 4.69) is 4.98 Å². The highest BCUT2D eigenvalue weighted by molar-refractivity contribution is 5.30. The zero-order chi connectivity index (χ0) is 11.4. The highest BCUT2D eigenvalue weighted by Crippen LogP contribution is 2.24. The van der Waals surface area contributed by atoms with Gasteiger partial charge in [0.1, 0.15) is 5.69 Å². The summed E-state index contributed by atoms with van der Waals surface area (Å²) in [5, 5.41) is 0. The van der Waals surface area contributed by atoms with Crippen molar-refractivity contribution in [3.05, 3.63) is 23.3 Å². The molecule has 84 valence electrons. The van der Waals surface area contributed by atoms with Crippen molar-refractivity contribution >= 4 is 0 Å². The van der Waals surface area contributed by atoms with Gasteiger partial charge in [-0.15, -0.1) is 0 Å². The molecule has 15 heavy (non-hydrogen) atoms. The number of methoxy groups -OCH3 is 2. The first-order valence-electron chi connectivity index (χ1n) is 4.82. The molecule has 0 aliphatic heterocycles. The molecular formula is C11H16FNO2. The first-order valence-corrected chi connectivity index (χ1v) is 4.82. The van der Waals surface area contributed by atoms with E-state index in [1.54, 1.807) is 6.07 Å². The number of nitrogens with zero attached hydrogens (tertiary/aromatic N) is 1. The second-order valence-corrected chi connectivity index (χ2v) is 3.60. The molecule has 0 N–H and O–H groups in total. The first kappa shape index (κ1) is 11.9. The van der Waals surface area contributed by atoms with Crippen molar-refractivity contribution in [2.75, 3.05) is 14.2 Å². The third-order valence-corrected chi connectivity index (χ3v) is 2.11.